The third kappa shape index (κ3) is 3.83. The molecule has 26 heavy (non-hydrogen) atoms. The summed E-state index contributed by atoms with van der Waals surface area (Å²) in [6, 6.07) is 20.5. The van der Waals surface area contributed by atoms with Gasteiger partial charge in [0.2, 0.25) is 0 Å². The fraction of sp³-hybridized carbons (Fsp3) is 0.217. The summed E-state index contributed by atoms with van der Waals surface area (Å²) in [4.78, 5) is 24.7. The van der Waals surface area contributed by atoms with Gasteiger partial charge in [-0.1, -0.05) is 81.4 Å². The van der Waals surface area contributed by atoms with Gasteiger partial charge in [-0.05, 0) is 27.8 Å². The highest BCUT2D eigenvalue weighted by Crippen LogP contribution is 2.22. The van der Waals surface area contributed by atoms with Crippen LogP contribution in [-0.4, -0.2) is 18.4 Å². The van der Waals surface area contributed by atoms with Crippen LogP contribution in [0.3, 0.4) is 0 Å². The van der Waals surface area contributed by atoms with Crippen molar-refractivity contribution in [1.29, 1.82) is 0 Å². The number of hydrogen-bond donors (Lipinski definition) is 0. The SMILES string of the molecule is CC(C)(C)c1ccc(C(=O)COC(=O)c2cccc3ccccc23)cc1. The van der Waals surface area contributed by atoms with E-state index in [0.29, 0.717) is 11.1 Å². The number of carbonyl (C=O) groups excluding carboxylic acids is 2. The van der Waals surface area contributed by atoms with Gasteiger partial charge in [0.1, 0.15) is 0 Å². The number of rotatable bonds is 4. The Bertz CT molecular complexity index is 942. The van der Waals surface area contributed by atoms with Gasteiger partial charge in [-0.3, -0.25) is 4.79 Å². The first kappa shape index (κ1) is 17.9. The number of ketones is 1. The summed E-state index contributed by atoms with van der Waals surface area (Å²) in [5, 5.41) is 1.79. The van der Waals surface area contributed by atoms with Gasteiger partial charge < -0.3 is 4.74 Å². The molecule has 0 N–H and O–H groups in total. The van der Waals surface area contributed by atoms with Crippen LogP contribution < -0.4 is 0 Å². The molecule has 0 saturated carbocycles. The first-order chi connectivity index (χ1) is 12.4. The molecule has 0 aliphatic rings. The minimum Gasteiger partial charge on any atom is -0.454 e. The van der Waals surface area contributed by atoms with E-state index in [1.54, 1.807) is 18.2 Å². The van der Waals surface area contributed by atoms with E-state index >= 15 is 0 Å². The third-order valence-electron chi connectivity index (χ3n) is 4.42. The summed E-state index contributed by atoms with van der Waals surface area (Å²) in [6.45, 7) is 6.10. The molecule has 3 aromatic carbocycles. The van der Waals surface area contributed by atoms with Crippen molar-refractivity contribution >= 4 is 22.5 Å². The Labute approximate surface area is 153 Å². The molecule has 0 aromatic heterocycles. The summed E-state index contributed by atoms with van der Waals surface area (Å²) in [6.07, 6.45) is 0. The predicted molar refractivity (Wildman–Crippen MR) is 104 cm³/mol. The number of Topliss-reactive ketones (excluding diaryl/α,β-unsaturated/α-hetero) is 1. The molecular formula is C23H22O3. The second-order valence-electron chi connectivity index (χ2n) is 7.35. The van der Waals surface area contributed by atoms with Crippen molar-refractivity contribution < 1.29 is 14.3 Å². The molecule has 0 atom stereocenters. The number of hydrogen-bond acceptors (Lipinski definition) is 3. The van der Waals surface area contributed by atoms with Crippen molar-refractivity contribution in [3.05, 3.63) is 83.4 Å². The van der Waals surface area contributed by atoms with Crippen LogP contribution in [-0.2, 0) is 10.2 Å². The highest BCUT2D eigenvalue weighted by molar-refractivity contribution is 6.05. The van der Waals surface area contributed by atoms with E-state index in [1.165, 1.54) is 0 Å². The van der Waals surface area contributed by atoms with E-state index in [4.69, 9.17) is 4.74 Å². The lowest BCUT2D eigenvalue weighted by Crippen LogP contribution is -2.15. The van der Waals surface area contributed by atoms with Crippen molar-refractivity contribution in [2.75, 3.05) is 6.61 Å². The van der Waals surface area contributed by atoms with Gasteiger partial charge in [-0.2, -0.15) is 0 Å². The second-order valence-corrected chi connectivity index (χ2v) is 7.35. The normalized spacial score (nSPS) is 11.3. The first-order valence-corrected chi connectivity index (χ1v) is 8.65. The van der Waals surface area contributed by atoms with E-state index in [0.717, 1.165) is 16.3 Å². The third-order valence-corrected chi connectivity index (χ3v) is 4.42. The van der Waals surface area contributed by atoms with Crippen molar-refractivity contribution in [2.45, 2.75) is 26.2 Å². The number of benzene rings is 3. The second kappa shape index (κ2) is 7.12. The molecule has 0 spiro atoms. The van der Waals surface area contributed by atoms with Crippen LogP contribution in [0, 0.1) is 0 Å². The van der Waals surface area contributed by atoms with Crippen molar-refractivity contribution in [1.82, 2.24) is 0 Å². The van der Waals surface area contributed by atoms with Crippen molar-refractivity contribution in [2.24, 2.45) is 0 Å². The van der Waals surface area contributed by atoms with E-state index in [-0.39, 0.29) is 17.8 Å². The van der Waals surface area contributed by atoms with Gasteiger partial charge in [0, 0.05) is 5.56 Å². The zero-order valence-electron chi connectivity index (χ0n) is 15.3. The Balaban J connectivity index is 1.70. The lowest BCUT2D eigenvalue weighted by molar-refractivity contribution is 0.0476. The average Bonchev–Trinajstić information content (AvgIpc) is 2.64. The van der Waals surface area contributed by atoms with Gasteiger partial charge in [-0.25, -0.2) is 4.79 Å². The Kier molecular flexibility index (Phi) is 4.90. The molecule has 0 amide bonds. The number of carbonyl (C=O) groups is 2. The molecule has 0 saturated heterocycles. The highest BCUT2D eigenvalue weighted by atomic mass is 16.5. The standard InChI is InChI=1S/C23H22O3/c1-23(2,3)18-13-11-17(12-14-18)21(24)15-26-22(25)20-10-6-8-16-7-4-5-9-19(16)20/h4-14H,15H2,1-3H3. The Morgan fingerprint density at radius 3 is 2.19 bits per heavy atom. The minimum absolute atomic E-state index is 0.0302. The molecule has 3 aromatic rings. The molecule has 0 aliphatic heterocycles. The number of esters is 1. The zero-order valence-corrected chi connectivity index (χ0v) is 15.3. The maximum absolute atomic E-state index is 12.4. The maximum Gasteiger partial charge on any atom is 0.339 e. The van der Waals surface area contributed by atoms with E-state index < -0.39 is 5.97 Å². The summed E-state index contributed by atoms with van der Waals surface area (Å²) >= 11 is 0. The molecule has 0 radical (unpaired) electrons. The molecule has 0 fully saturated rings. The van der Waals surface area contributed by atoms with Gasteiger partial charge in [0.25, 0.3) is 0 Å². The highest BCUT2D eigenvalue weighted by Gasteiger charge is 2.16. The van der Waals surface area contributed by atoms with Gasteiger partial charge in [-0.15, -0.1) is 0 Å². The summed E-state index contributed by atoms with van der Waals surface area (Å²) in [5.74, 6) is -0.694. The predicted octanol–water partition coefficient (Wildman–Crippen LogP) is 5.18. The Morgan fingerprint density at radius 1 is 0.846 bits per heavy atom. The monoisotopic (exact) mass is 346 g/mol. The van der Waals surface area contributed by atoms with E-state index in [9.17, 15) is 9.59 Å². The van der Waals surface area contributed by atoms with E-state index in [2.05, 4.69) is 20.8 Å². The number of ether oxygens (including phenoxy) is 1. The molecule has 0 unspecified atom stereocenters. The molecule has 3 rings (SSSR count). The van der Waals surface area contributed by atoms with Gasteiger partial charge in [0.15, 0.2) is 12.4 Å². The fourth-order valence-electron chi connectivity index (χ4n) is 2.85. The molecule has 0 aliphatic carbocycles. The summed E-state index contributed by atoms with van der Waals surface area (Å²) < 4.78 is 5.26. The topological polar surface area (TPSA) is 43.4 Å². The molecule has 0 heterocycles. The lowest BCUT2D eigenvalue weighted by atomic mass is 9.86. The molecular weight excluding hydrogens is 324 g/mol. The summed E-state index contributed by atoms with van der Waals surface area (Å²) in [7, 11) is 0. The molecule has 3 nitrogen and oxygen atoms in total. The van der Waals surface area contributed by atoms with Gasteiger partial charge in [0.05, 0.1) is 5.56 Å². The summed E-state index contributed by atoms with van der Waals surface area (Å²) in [5.41, 5.74) is 2.20. The minimum atomic E-state index is -0.485. The lowest BCUT2D eigenvalue weighted by Gasteiger charge is -2.18. The maximum atomic E-state index is 12.4. The van der Waals surface area contributed by atoms with Gasteiger partial charge >= 0.3 is 5.97 Å². The van der Waals surface area contributed by atoms with Crippen LogP contribution in [0.4, 0.5) is 0 Å². The molecule has 0 bridgehead atoms. The largest absolute Gasteiger partial charge is 0.454 e. The zero-order chi connectivity index (χ0) is 18.7. The van der Waals surface area contributed by atoms with Crippen molar-refractivity contribution in [3.8, 4) is 0 Å². The average molecular weight is 346 g/mol. The fourth-order valence-corrected chi connectivity index (χ4v) is 2.85. The van der Waals surface area contributed by atoms with Crippen LogP contribution in [0.5, 0.6) is 0 Å². The molecule has 132 valence electrons. The first-order valence-electron chi connectivity index (χ1n) is 8.65. The smallest absolute Gasteiger partial charge is 0.339 e. The van der Waals surface area contributed by atoms with Crippen LogP contribution >= 0.6 is 0 Å². The number of fused-ring (bicyclic) bond motifs is 1. The van der Waals surface area contributed by atoms with E-state index in [1.807, 2.05) is 48.5 Å². The van der Waals surface area contributed by atoms with Crippen LogP contribution in [0.2, 0.25) is 0 Å². The Hall–Kier alpha value is -2.94. The van der Waals surface area contributed by atoms with Crippen LogP contribution in [0.15, 0.2) is 66.7 Å². The quantitative estimate of drug-likeness (QED) is 0.483. The van der Waals surface area contributed by atoms with Crippen molar-refractivity contribution in [3.63, 3.8) is 0 Å². The Morgan fingerprint density at radius 2 is 1.50 bits per heavy atom. The van der Waals surface area contributed by atoms with Crippen LogP contribution in [0.25, 0.3) is 10.8 Å². The van der Waals surface area contributed by atoms with Crippen LogP contribution in [0.1, 0.15) is 47.1 Å². The molecule has 3 heteroatoms.